The molecular weight excluding hydrogens is 671 g/mol. The molecule has 2 unspecified atom stereocenters. The molecule has 1 fully saturated rings. The van der Waals surface area contributed by atoms with E-state index in [9.17, 15) is 32.7 Å². The summed E-state index contributed by atoms with van der Waals surface area (Å²) in [4.78, 5) is 41.7. The third-order valence-corrected chi connectivity index (χ3v) is 10.3. The second kappa shape index (κ2) is 18.0. The third-order valence-electron chi connectivity index (χ3n) is 10.3. The average Bonchev–Trinajstić information content (AvgIpc) is 3.44. The highest BCUT2D eigenvalue weighted by atomic mass is 19.4. The van der Waals surface area contributed by atoms with Crippen molar-refractivity contribution < 1.29 is 32.7 Å². The molecule has 1 heterocycles. The maximum absolute atomic E-state index is 13.7. The molecule has 1 aliphatic heterocycles. The van der Waals surface area contributed by atoms with Crippen LogP contribution in [-0.4, -0.2) is 78.9 Å². The summed E-state index contributed by atoms with van der Waals surface area (Å²) in [6.07, 6.45) is -0.601. The van der Waals surface area contributed by atoms with Crippen LogP contribution in [-0.2, 0) is 26.3 Å². The number of unbranched alkanes of at least 4 members (excludes halogenated alkanes) is 2. The van der Waals surface area contributed by atoms with Gasteiger partial charge in [0.05, 0.1) is 12.1 Å². The highest BCUT2D eigenvalue weighted by Gasteiger charge is 2.49. The minimum atomic E-state index is -4.55. The van der Waals surface area contributed by atoms with Crippen molar-refractivity contribution >= 4 is 17.7 Å². The standard InChI is InChI=1S/C40H50F3N5O4/c1-44-35(49)22-21-33(47-37(51)34-20-10-13-25-48(34)26-28-14-4-2-5-15-28)36(50)45-24-12-3-11-23-39(38(52)46-27-40(41,42)43)31-18-8-6-16-29(31)30-17-7-9-19-32(30)39/h2,4-9,14-19,33-34,36,45,50H,3,10-13,20-27H2,1H3,(H,44,49)(H,46,52)(H,47,51)/t33-,34?,36?/m0/s1. The van der Waals surface area contributed by atoms with Gasteiger partial charge >= 0.3 is 6.18 Å². The highest BCUT2D eigenvalue weighted by Crippen LogP contribution is 2.51. The molecule has 12 heteroatoms. The van der Waals surface area contributed by atoms with Crippen molar-refractivity contribution in [2.75, 3.05) is 26.7 Å². The Morgan fingerprint density at radius 3 is 2.21 bits per heavy atom. The fourth-order valence-corrected chi connectivity index (χ4v) is 7.66. The van der Waals surface area contributed by atoms with E-state index in [0.717, 1.165) is 36.1 Å². The molecule has 2 aliphatic rings. The van der Waals surface area contributed by atoms with E-state index in [1.165, 1.54) is 0 Å². The number of benzene rings is 3. The summed E-state index contributed by atoms with van der Waals surface area (Å²) in [5.41, 5.74) is 2.92. The highest BCUT2D eigenvalue weighted by molar-refractivity contribution is 6.00. The van der Waals surface area contributed by atoms with Crippen LogP contribution in [0.2, 0.25) is 0 Å². The number of halogens is 3. The molecule has 9 nitrogen and oxygen atoms in total. The number of rotatable bonds is 17. The van der Waals surface area contributed by atoms with E-state index in [0.29, 0.717) is 56.3 Å². The summed E-state index contributed by atoms with van der Waals surface area (Å²) in [5.74, 6) is -1.05. The lowest BCUT2D eigenvalue weighted by Gasteiger charge is -2.36. The molecule has 0 radical (unpaired) electrons. The van der Waals surface area contributed by atoms with Crippen molar-refractivity contribution in [3.05, 3.63) is 95.6 Å². The second-order valence-corrected chi connectivity index (χ2v) is 13.8. The van der Waals surface area contributed by atoms with E-state index in [2.05, 4.69) is 26.2 Å². The Morgan fingerprint density at radius 2 is 1.56 bits per heavy atom. The SMILES string of the molecule is CNC(=O)CC[C@H](NC(=O)C1CCCCN1Cc1ccccc1)C(O)NCCCCCC1(C(=O)NCC(F)(F)F)c2ccccc2-c2ccccc21. The Hall–Kier alpha value is -4.26. The molecule has 1 saturated heterocycles. The Kier molecular flexibility index (Phi) is 13.5. The van der Waals surface area contributed by atoms with Crippen LogP contribution in [0.4, 0.5) is 13.2 Å². The zero-order chi connectivity index (χ0) is 37.1. The largest absolute Gasteiger partial charge is 0.405 e. The summed E-state index contributed by atoms with van der Waals surface area (Å²) in [6.45, 7) is 0.408. The number of aliphatic hydroxyl groups is 1. The van der Waals surface area contributed by atoms with Gasteiger partial charge in [-0.1, -0.05) is 98.1 Å². The minimum Gasteiger partial charge on any atom is -0.376 e. The molecular formula is C40H50F3N5O4. The molecule has 3 aromatic rings. The Morgan fingerprint density at radius 1 is 0.904 bits per heavy atom. The summed E-state index contributed by atoms with van der Waals surface area (Å²) >= 11 is 0. The van der Waals surface area contributed by atoms with Crippen molar-refractivity contribution in [3.63, 3.8) is 0 Å². The first kappa shape index (κ1) is 39.0. The summed E-state index contributed by atoms with van der Waals surface area (Å²) in [6, 6.07) is 23.7. The molecule has 0 saturated carbocycles. The summed E-state index contributed by atoms with van der Waals surface area (Å²) < 4.78 is 39.6. The van der Waals surface area contributed by atoms with Crippen LogP contribution in [0.15, 0.2) is 78.9 Å². The zero-order valence-corrected chi connectivity index (χ0v) is 29.7. The van der Waals surface area contributed by atoms with E-state index in [1.54, 1.807) is 19.2 Å². The third kappa shape index (κ3) is 9.58. The van der Waals surface area contributed by atoms with Crippen LogP contribution in [0, 0.1) is 0 Å². The van der Waals surface area contributed by atoms with Gasteiger partial charge in [-0.25, -0.2) is 0 Å². The van der Waals surface area contributed by atoms with Crippen molar-refractivity contribution in [1.82, 2.24) is 26.2 Å². The molecule has 3 amide bonds. The van der Waals surface area contributed by atoms with Gasteiger partial charge in [0.15, 0.2) is 0 Å². The first-order valence-corrected chi connectivity index (χ1v) is 18.3. The van der Waals surface area contributed by atoms with Crippen molar-refractivity contribution in [2.24, 2.45) is 0 Å². The second-order valence-electron chi connectivity index (χ2n) is 13.8. The zero-order valence-electron chi connectivity index (χ0n) is 29.7. The normalized spacial score (nSPS) is 17.8. The lowest BCUT2D eigenvalue weighted by molar-refractivity contribution is -0.141. The fraction of sp³-hybridized carbons (Fsp3) is 0.475. The van der Waals surface area contributed by atoms with E-state index in [-0.39, 0.29) is 30.7 Å². The number of amides is 3. The number of piperidine rings is 1. The number of likely N-dealkylation sites (tertiary alicyclic amines) is 1. The predicted octanol–water partition coefficient (Wildman–Crippen LogP) is 5.17. The van der Waals surface area contributed by atoms with Gasteiger partial charge in [0.2, 0.25) is 17.7 Å². The Balaban J connectivity index is 1.20. The van der Waals surface area contributed by atoms with Gasteiger partial charge < -0.3 is 21.1 Å². The van der Waals surface area contributed by atoms with Crippen LogP contribution >= 0.6 is 0 Å². The first-order valence-electron chi connectivity index (χ1n) is 18.3. The maximum Gasteiger partial charge on any atom is 0.405 e. The quantitative estimate of drug-likeness (QED) is 0.0970. The fourth-order valence-electron chi connectivity index (χ4n) is 7.66. The van der Waals surface area contributed by atoms with Gasteiger partial charge in [0.25, 0.3) is 0 Å². The number of carbonyl (C=O) groups is 3. The van der Waals surface area contributed by atoms with Crippen LogP contribution in [0.1, 0.15) is 74.5 Å². The number of hydrogen-bond acceptors (Lipinski definition) is 6. The molecule has 5 rings (SSSR count). The molecule has 3 aromatic carbocycles. The van der Waals surface area contributed by atoms with Crippen molar-refractivity contribution in [1.29, 1.82) is 0 Å². The monoisotopic (exact) mass is 721 g/mol. The Bertz CT molecular complexity index is 1610. The number of aliphatic hydroxyl groups excluding tert-OH is 1. The molecule has 5 N–H and O–H groups in total. The molecule has 0 bridgehead atoms. The summed E-state index contributed by atoms with van der Waals surface area (Å²) in [5, 5.41) is 22.1. The maximum atomic E-state index is 13.7. The molecule has 280 valence electrons. The van der Waals surface area contributed by atoms with Crippen molar-refractivity contribution in [2.45, 2.75) is 94.2 Å². The molecule has 1 aliphatic carbocycles. The van der Waals surface area contributed by atoms with Gasteiger partial charge in [-0.2, -0.15) is 13.2 Å². The van der Waals surface area contributed by atoms with Crippen LogP contribution < -0.4 is 21.3 Å². The number of nitrogens with one attached hydrogen (secondary N) is 4. The van der Waals surface area contributed by atoms with Gasteiger partial charge in [-0.3, -0.25) is 24.6 Å². The van der Waals surface area contributed by atoms with Crippen LogP contribution in [0.25, 0.3) is 11.1 Å². The first-order chi connectivity index (χ1) is 25.0. The molecule has 0 spiro atoms. The van der Waals surface area contributed by atoms with Gasteiger partial charge in [-0.05, 0) is 73.0 Å². The topological polar surface area (TPSA) is 123 Å². The number of carbonyl (C=O) groups excluding carboxylic acids is 3. The van der Waals surface area contributed by atoms with Gasteiger partial charge in [-0.15, -0.1) is 0 Å². The van der Waals surface area contributed by atoms with Gasteiger partial charge in [0, 0.05) is 20.0 Å². The van der Waals surface area contributed by atoms with Crippen molar-refractivity contribution in [3.8, 4) is 11.1 Å². The average molecular weight is 722 g/mol. The Labute approximate surface area is 303 Å². The lowest BCUT2D eigenvalue weighted by atomic mass is 9.73. The van der Waals surface area contributed by atoms with E-state index >= 15 is 0 Å². The smallest absolute Gasteiger partial charge is 0.376 e. The van der Waals surface area contributed by atoms with E-state index in [1.807, 2.05) is 66.7 Å². The van der Waals surface area contributed by atoms with Crippen LogP contribution in [0.5, 0.6) is 0 Å². The predicted molar refractivity (Wildman–Crippen MR) is 194 cm³/mol. The number of fused-ring (bicyclic) bond motifs is 3. The summed E-state index contributed by atoms with van der Waals surface area (Å²) in [7, 11) is 1.54. The number of nitrogens with zero attached hydrogens (tertiary/aromatic N) is 1. The lowest BCUT2D eigenvalue weighted by Crippen LogP contribution is -2.56. The van der Waals surface area contributed by atoms with Gasteiger partial charge in [0.1, 0.15) is 18.2 Å². The van der Waals surface area contributed by atoms with Crippen LogP contribution in [0.3, 0.4) is 0 Å². The van der Waals surface area contributed by atoms with E-state index in [4.69, 9.17) is 0 Å². The molecule has 0 aromatic heterocycles. The molecule has 52 heavy (non-hydrogen) atoms. The number of hydrogen-bond donors (Lipinski definition) is 5. The van der Waals surface area contributed by atoms with E-state index < -0.39 is 36.3 Å². The minimum absolute atomic E-state index is 0.125. The number of alkyl halides is 3. The molecule has 3 atom stereocenters.